The van der Waals surface area contributed by atoms with Gasteiger partial charge in [-0.15, -0.1) is 0 Å². The second-order valence-corrected chi connectivity index (χ2v) is 3.36. The molecular formula is C9H10F3N3O3. The predicted molar refractivity (Wildman–Crippen MR) is 54.0 cm³/mol. The summed E-state index contributed by atoms with van der Waals surface area (Å²) in [5, 5.41) is 3.63. The Bertz CT molecular complexity index is 481. The van der Waals surface area contributed by atoms with Gasteiger partial charge in [-0.05, 0) is 0 Å². The zero-order chi connectivity index (χ0) is 14.1. The van der Waals surface area contributed by atoms with Gasteiger partial charge in [0.25, 0.3) is 0 Å². The largest absolute Gasteiger partial charge is 0.471 e. The normalized spacial score (nSPS) is 11.2. The quantitative estimate of drug-likeness (QED) is 0.739. The van der Waals surface area contributed by atoms with Crippen molar-refractivity contribution in [2.24, 2.45) is 7.05 Å². The van der Waals surface area contributed by atoms with E-state index < -0.39 is 18.1 Å². The third-order valence-electron chi connectivity index (χ3n) is 2.21. The lowest BCUT2D eigenvalue weighted by atomic mass is 10.3. The number of esters is 1. The van der Waals surface area contributed by atoms with Gasteiger partial charge in [0.05, 0.1) is 19.0 Å². The molecule has 6 nitrogen and oxygen atoms in total. The maximum Gasteiger partial charge on any atom is 0.471 e. The lowest BCUT2D eigenvalue weighted by molar-refractivity contribution is -0.170. The van der Waals surface area contributed by atoms with E-state index in [0.717, 1.165) is 25.0 Å². The molecule has 0 atom stereocenters. The number of hydrogen-bond donors (Lipinski definition) is 0. The summed E-state index contributed by atoms with van der Waals surface area (Å²) >= 11 is 0. The Morgan fingerprint density at radius 1 is 1.44 bits per heavy atom. The molecule has 0 radical (unpaired) electrons. The Morgan fingerprint density at radius 2 is 2.00 bits per heavy atom. The van der Waals surface area contributed by atoms with Crippen molar-refractivity contribution in [1.82, 2.24) is 9.78 Å². The minimum absolute atomic E-state index is 0.238. The molecule has 1 amide bonds. The zero-order valence-corrected chi connectivity index (χ0v) is 9.78. The maximum atomic E-state index is 12.3. The number of anilines is 1. The fraction of sp³-hybridized carbons (Fsp3) is 0.444. The molecule has 1 heterocycles. The molecule has 18 heavy (non-hydrogen) atoms. The van der Waals surface area contributed by atoms with Crippen LogP contribution in [0.2, 0.25) is 0 Å². The van der Waals surface area contributed by atoms with Crippen molar-refractivity contribution in [1.29, 1.82) is 0 Å². The van der Waals surface area contributed by atoms with Gasteiger partial charge in [0, 0.05) is 14.1 Å². The van der Waals surface area contributed by atoms with Gasteiger partial charge in [-0.1, -0.05) is 0 Å². The topological polar surface area (TPSA) is 64.4 Å². The van der Waals surface area contributed by atoms with Gasteiger partial charge in [0.2, 0.25) is 0 Å². The Kier molecular flexibility index (Phi) is 3.63. The van der Waals surface area contributed by atoms with E-state index in [1.54, 1.807) is 0 Å². The highest BCUT2D eigenvalue weighted by Gasteiger charge is 2.43. The zero-order valence-electron chi connectivity index (χ0n) is 9.78. The van der Waals surface area contributed by atoms with Crippen molar-refractivity contribution >= 4 is 17.6 Å². The Balaban J connectivity index is 3.19. The number of halogens is 3. The number of aryl methyl sites for hydroxylation is 1. The number of rotatable bonds is 2. The number of methoxy groups -OCH3 is 1. The van der Waals surface area contributed by atoms with E-state index in [0.29, 0.717) is 4.90 Å². The van der Waals surface area contributed by atoms with Gasteiger partial charge in [-0.3, -0.25) is 9.48 Å². The van der Waals surface area contributed by atoms with E-state index >= 15 is 0 Å². The third kappa shape index (κ3) is 2.44. The van der Waals surface area contributed by atoms with E-state index in [1.807, 2.05) is 0 Å². The van der Waals surface area contributed by atoms with Gasteiger partial charge in [0.15, 0.2) is 5.69 Å². The molecule has 0 saturated heterocycles. The standard InChI is InChI=1S/C9H10F3N3O3/c1-14(8(17)9(10,11)12)5-4-13-15(2)6(5)7(16)18-3/h4H,1-3H3. The third-order valence-corrected chi connectivity index (χ3v) is 2.21. The molecule has 100 valence electrons. The molecule has 0 aliphatic carbocycles. The van der Waals surface area contributed by atoms with Crippen LogP contribution in [0, 0.1) is 0 Å². The first-order valence-electron chi connectivity index (χ1n) is 4.65. The van der Waals surface area contributed by atoms with Crippen molar-refractivity contribution in [2.75, 3.05) is 19.1 Å². The first-order valence-corrected chi connectivity index (χ1v) is 4.65. The van der Waals surface area contributed by atoms with Gasteiger partial charge >= 0.3 is 18.1 Å². The van der Waals surface area contributed by atoms with Crippen LogP contribution in [0.4, 0.5) is 18.9 Å². The molecule has 0 fully saturated rings. The fourth-order valence-corrected chi connectivity index (χ4v) is 1.30. The molecule has 1 aromatic heterocycles. The lowest BCUT2D eigenvalue weighted by Crippen LogP contribution is -2.39. The number of carbonyl (C=O) groups is 2. The summed E-state index contributed by atoms with van der Waals surface area (Å²) < 4.78 is 42.3. The second kappa shape index (κ2) is 4.67. The number of amides is 1. The van der Waals surface area contributed by atoms with E-state index in [4.69, 9.17) is 0 Å². The second-order valence-electron chi connectivity index (χ2n) is 3.36. The highest BCUT2D eigenvalue weighted by molar-refractivity contribution is 6.02. The maximum absolute atomic E-state index is 12.3. The monoisotopic (exact) mass is 265 g/mol. The van der Waals surface area contributed by atoms with Crippen LogP contribution in [0.1, 0.15) is 10.5 Å². The molecule has 1 rings (SSSR count). The smallest absolute Gasteiger partial charge is 0.464 e. The highest BCUT2D eigenvalue weighted by Crippen LogP contribution is 2.25. The summed E-state index contributed by atoms with van der Waals surface area (Å²) in [5.41, 5.74) is -0.510. The van der Waals surface area contributed by atoms with Crippen LogP contribution in [0.25, 0.3) is 0 Å². The molecule has 0 aromatic carbocycles. The van der Waals surface area contributed by atoms with Crippen LogP contribution >= 0.6 is 0 Å². The summed E-state index contributed by atoms with van der Waals surface area (Å²) in [5.74, 6) is -2.98. The number of alkyl halides is 3. The summed E-state index contributed by atoms with van der Waals surface area (Å²) in [6, 6.07) is 0. The van der Waals surface area contributed by atoms with E-state index in [1.165, 1.54) is 7.05 Å². The molecule has 0 bridgehead atoms. The first-order chi connectivity index (χ1) is 8.20. The average Bonchev–Trinajstić information content (AvgIpc) is 2.67. The lowest BCUT2D eigenvalue weighted by Gasteiger charge is -2.18. The van der Waals surface area contributed by atoms with Crippen LogP contribution in [-0.2, 0) is 16.6 Å². The van der Waals surface area contributed by atoms with Crippen molar-refractivity contribution in [2.45, 2.75) is 6.18 Å². The number of carbonyl (C=O) groups excluding carboxylic acids is 2. The fourth-order valence-electron chi connectivity index (χ4n) is 1.30. The van der Waals surface area contributed by atoms with Crippen LogP contribution in [0.15, 0.2) is 6.20 Å². The highest BCUT2D eigenvalue weighted by atomic mass is 19.4. The average molecular weight is 265 g/mol. The van der Waals surface area contributed by atoms with Crippen LogP contribution < -0.4 is 4.90 Å². The molecule has 0 aliphatic rings. The van der Waals surface area contributed by atoms with Crippen molar-refractivity contribution in [3.63, 3.8) is 0 Å². The number of ether oxygens (including phenoxy) is 1. The Morgan fingerprint density at radius 3 is 2.44 bits per heavy atom. The molecule has 0 aliphatic heterocycles. The van der Waals surface area contributed by atoms with E-state index in [9.17, 15) is 22.8 Å². The minimum atomic E-state index is -5.03. The number of hydrogen-bond acceptors (Lipinski definition) is 4. The van der Waals surface area contributed by atoms with Crippen LogP contribution in [0.5, 0.6) is 0 Å². The Hall–Kier alpha value is -2.06. The van der Waals surface area contributed by atoms with Gasteiger partial charge < -0.3 is 9.64 Å². The van der Waals surface area contributed by atoms with Crippen molar-refractivity contribution in [3.8, 4) is 0 Å². The van der Waals surface area contributed by atoms with Crippen LogP contribution in [0.3, 0.4) is 0 Å². The summed E-state index contributed by atoms with van der Waals surface area (Å²) in [7, 11) is 3.33. The molecule has 0 spiro atoms. The molecule has 1 aromatic rings. The van der Waals surface area contributed by atoms with Crippen molar-refractivity contribution in [3.05, 3.63) is 11.9 Å². The van der Waals surface area contributed by atoms with E-state index in [2.05, 4.69) is 9.84 Å². The molecule has 0 unspecified atom stereocenters. The molecule has 9 heteroatoms. The summed E-state index contributed by atoms with van der Waals surface area (Å²) in [6.45, 7) is 0. The van der Waals surface area contributed by atoms with Gasteiger partial charge in [0.1, 0.15) is 0 Å². The molecular weight excluding hydrogens is 255 g/mol. The predicted octanol–water partition coefficient (Wildman–Crippen LogP) is 0.732. The SMILES string of the molecule is COC(=O)c1c(N(C)C(=O)C(F)(F)F)cnn1C. The molecule has 0 N–H and O–H groups in total. The van der Waals surface area contributed by atoms with Gasteiger partial charge in [-0.25, -0.2) is 4.79 Å². The molecule has 0 saturated carbocycles. The summed E-state index contributed by atoms with van der Waals surface area (Å²) in [4.78, 5) is 22.7. The van der Waals surface area contributed by atoms with E-state index in [-0.39, 0.29) is 11.4 Å². The minimum Gasteiger partial charge on any atom is -0.464 e. The summed E-state index contributed by atoms with van der Waals surface area (Å²) in [6.07, 6.45) is -4.05. The van der Waals surface area contributed by atoms with Gasteiger partial charge in [-0.2, -0.15) is 18.3 Å². The number of nitrogens with zero attached hydrogens (tertiary/aromatic N) is 3. The Labute approximate surface area is 99.9 Å². The van der Waals surface area contributed by atoms with Crippen molar-refractivity contribution < 1.29 is 27.5 Å². The van der Waals surface area contributed by atoms with Crippen LogP contribution in [-0.4, -0.2) is 42.0 Å². The first kappa shape index (κ1) is 14.0. The number of aromatic nitrogens is 2.